The summed E-state index contributed by atoms with van der Waals surface area (Å²) in [6, 6.07) is 12.8. The van der Waals surface area contributed by atoms with Gasteiger partial charge in [-0.2, -0.15) is 0 Å². The lowest BCUT2D eigenvalue weighted by Gasteiger charge is -2.22. The van der Waals surface area contributed by atoms with E-state index in [2.05, 4.69) is 24.5 Å². The van der Waals surface area contributed by atoms with Gasteiger partial charge in [0.05, 0.1) is 21.4 Å². The van der Waals surface area contributed by atoms with Crippen LogP contribution < -0.4 is 20.6 Å². The molecule has 2 atom stereocenters. The van der Waals surface area contributed by atoms with E-state index >= 15 is 8.78 Å². The molecule has 2 aromatic carbocycles. The van der Waals surface area contributed by atoms with E-state index in [9.17, 15) is 30.8 Å². The maximum atomic E-state index is 15.4. The van der Waals surface area contributed by atoms with Crippen molar-refractivity contribution < 1.29 is 30.0 Å². The van der Waals surface area contributed by atoms with E-state index in [1.165, 1.54) is 24.5 Å². The minimum absolute atomic E-state index is 0.0475. The van der Waals surface area contributed by atoms with Gasteiger partial charge < -0.3 is 9.55 Å². The highest BCUT2D eigenvalue weighted by atomic mass is 32.2. The second-order valence-electron chi connectivity index (χ2n) is 17.0. The summed E-state index contributed by atoms with van der Waals surface area (Å²) >= 11 is 0. The van der Waals surface area contributed by atoms with E-state index in [0.29, 0.717) is 37.1 Å². The normalized spacial score (nSPS) is 15.3. The molecule has 2 aliphatic rings. The van der Waals surface area contributed by atoms with Crippen molar-refractivity contribution in [1.82, 2.24) is 14.1 Å². The summed E-state index contributed by atoms with van der Waals surface area (Å²) in [5.41, 5.74) is 10.2. The van der Waals surface area contributed by atoms with E-state index in [1.54, 1.807) is 45.2 Å². The molecule has 3 N–H and O–H groups in total. The number of H-pyrrole nitrogens is 1. The van der Waals surface area contributed by atoms with Gasteiger partial charge in [-0.3, -0.25) is 23.6 Å². The number of pyridine rings is 2. The van der Waals surface area contributed by atoms with E-state index in [4.69, 9.17) is 5.53 Å². The van der Waals surface area contributed by atoms with Crippen molar-refractivity contribution >= 4 is 31.4 Å². The maximum absolute atomic E-state index is 15.4. The van der Waals surface area contributed by atoms with Gasteiger partial charge in [0, 0.05) is 60.1 Å². The lowest BCUT2D eigenvalue weighted by Crippen LogP contribution is -2.33. The third kappa shape index (κ3) is 10.4. The number of aromatic nitrogens is 3. The van der Waals surface area contributed by atoms with Crippen LogP contribution in [0.2, 0.25) is 0 Å². The second kappa shape index (κ2) is 19.1. The van der Waals surface area contributed by atoms with Crippen molar-refractivity contribution in [2.45, 2.75) is 109 Å². The molecule has 3 heterocycles. The van der Waals surface area contributed by atoms with Crippen LogP contribution >= 0.6 is 0 Å². The quantitative estimate of drug-likeness (QED) is 0.0472. The molecule has 2 saturated carbocycles. The van der Waals surface area contributed by atoms with Crippen LogP contribution in [0.1, 0.15) is 104 Å². The SMILES string of the molecule is CCCC1(S(=O)(=O)Nc2cn(C(C)CN=[N+]=[N-])c(=O)c(F)c2Cc2ccc(C)cc2F)CC1.Cc1ccc(Cc2c(NS(=O)(=O)C(C)C3CC3)cn(-c3ccc[nH]3)c(=O)c2F)c(C)c1. The lowest BCUT2D eigenvalue weighted by atomic mass is 9.98. The van der Waals surface area contributed by atoms with E-state index in [-0.39, 0.29) is 53.4 Å². The van der Waals surface area contributed by atoms with Crippen molar-refractivity contribution in [3.8, 4) is 5.82 Å². The zero-order valence-corrected chi connectivity index (χ0v) is 38.2. The molecule has 3 aromatic heterocycles. The van der Waals surface area contributed by atoms with Crippen LogP contribution in [-0.2, 0) is 32.9 Å². The lowest BCUT2D eigenvalue weighted by molar-refractivity contribution is 0.499. The van der Waals surface area contributed by atoms with Crippen molar-refractivity contribution in [3.63, 3.8) is 0 Å². The number of nitrogens with zero attached hydrogens (tertiary/aromatic N) is 5. The molecule has 19 heteroatoms. The van der Waals surface area contributed by atoms with Crippen LogP contribution in [0.5, 0.6) is 0 Å². The van der Waals surface area contributed by atoms with Crippen molar-refractivity contribution in [2.75, 3.05) is 16.0 Å². The molecule has 2 aliphatic carbocycles. The van der Waals surface area contributed by atoms with Gasteiger partial charge in [-0.1, -0.05) is 54.4 Å². The fraction of sp³-hybridized carbons (Fsp3) is 0.422. The highest BCUT2D eigenvalue weighted by Crippen LogP contribution is 2.48. The van der Waals surface area contributed by atoms with Gasteiger partial charge in [-0.25, -0.2) is 30.0 Å². The molecule has 7 rings (SSSR count). The minimum atomic E-state index is -3.89. The Morgan fingerprint density at radius 1 is 0.875 bits per heavy atom. The van der Waals surface area contributed by atoms with Crippen LogP contribution in [-0.4, -0.2) is 47.5 Å². The predicted molar refractivity (Wildman–Crippen MR) is 243 cm³/mol. The molecule has 64 heavy (non-hydrogen) atoms. The number of nitrogens with one attached hydrogen (secondary N) is 3. The fourth-order valence-corrected chi connectivity index (χ4v) is 11.0. The first-order valence-corrected chi connectivity index (χ1v) is 24.1. The molecule has 2 fully saturated rings. The summed E-state index contributed by atoms with van der Waals surface area (Å²) in [4.78, 5) is 31.0. The van der Waals surface area contributed by atoms with Crippen LogP contribution in [0.15, 0.2) is 81.8 Å². The third-order valence-electron chi connectivity index (χ3n) is 12.1. The van der Waals surface area contributed by atoms with Crippen molar-refractivity contribution in [3.05, 3.63) is 155 Å². The summed E-state index contributed by atoms with van der Waals surface area (Å²) in [5, 5.41) is 2.83. The zero-order chi connectivity index (χ0) is 46.7. The predicted octanol–water partition coefficient (Wildman–Crippen LogP) is 9.02. The van der Waals surface area contributed by atoms with Gasteiger partial charge >= 0.3 is 0 Å². The van der Waals surface area contributed by atoms with E-state index < -0.39 is 64.7 Å². The summed E-state index contributed by atoms with van der Waals surface area (Å²) in [5.74, 6) is -2.25. The molecule has 0 saturated heterocycles. The molecule has 5 aromatic rings. The van der Waals surface area contributed by atoms with Crippen LogP contribution in [0, 0.1) is 44.1 Å². The number of rotatable bonds is 17. The first-order chi connectivity index (χ1) is 30.2. The van der Waals surface area contributed by atoms with Gasteiger partial charge in [0.1, 0.15) is 11.6 Å². The van der Waals surface area contributed by atoms with Gasteiger partial charge in [-0.05, 0) is 119 Å². The summed E-state index contributed by atoms with van der Waals surface area (Å²) in [6.45, 7) is 10.6. The molecule has 0 spiro atoms. The Kier molecular flexibility index (Phi) is 14.3. The Balaban J connectivity index is 0.000000213. The molecular formula is C45H53F3N8O6S2. The molecule has 0 amide bonds. The first-order valence-electron chi connectivity index (χ1n) is 21.1. The Labute approximate surface area is 370 Å². The topological polar surface area (TPSA) is 201 Å². The van der Waals surface area contributed by atoms with Gasteiger partial charge in [0.25, 0.3) is 11.1 Å². The number of hydrogen-bond acceptors (Lipinski definition) is 7. The summed E-state index contributed by atoms with van der Waals surface area (Å²) in [7, 11) is -7.63. The monoisotopic (exact) mass is 922 g/mol. The molecule has 0 aliphatic heterocycles. The number of anilines is 2. The highest BCUT2D eigenvalue weighted by molar-refractivity contribution is 7.94. The van der Waals surface area contributed by atoms with Crippen molar-refractivity contribution in [1.29, 1.82) is 0 Å². The minimum Gasteiger partial charge on any atom is -0.348 e. The van der Waals surface area contributed by atoms with Gasteiger partial charge in [0.2, 0.25) is 20.0 Å². The molecule has 0 bridgehead atoms. The Morgan fingerprint density at radius 2 is 1.48 bits per heavy atom. The third-order valence-corrected chi connectivity index (χ3v) is 16.2. The van der Waals surface area contributed by atoms with Gasteiger partial charge in [0.15, 0.2) is 11.6 Å². The number of aromatic amines is 1. The number of sulfonamides is 2. The molecular weight excluding hydrogens is 870 g/mol. The Morgan fingerprint density at radius 3 is 2.05 bits per heavy atom. The Bertz CT molecular complexity index is 2940. The molecule has 0 radical (unpaired) electrons. The van der Waals surface area contributed by atoms with E-state index in [0.717, 1.165) is 38.7 Å². The van der Waals surface area contributed by atoms with E-state index in [1.807, 2.05) is 39.0 Å². The maximum Gasteiger partial charge on any atom is 0.292 e. The number of hydrogen-bond donors (Lipinski definition) is 3. The zero-order valence-electron chi connectivity index (χ0n) is 36.6. The molecule has 342 valence electrons. The summed E-state index contributed by atoms with van der Waals surface area (Å²) < 4.78 is 104. The second-order valence-corrected chi connectivity index (χ2v) is 21.1. The summed E-state index contributed by atoms with van der Waals surface area (Å²) in [6.07, 6.45) is 7.84. The number of aryl methyl sites for hydroxylation is 3. The highest BCUT2D eigenvalue weighted by Gasteiger charge is 2.54. The molecule has 2 unspecified atom stereocenters. The number of halogens is 3. The van der Waals surface area contributed by atoms with Crippen molar-refractivity contribution in [2.24, 2.45) is 11.0 Å². The largest absolute Gasteiger partial charge is 0.348 e. The fourth-order valence-electron chi connectivity index (χ4n) is 7.78. The van der Waals surface area contributed by atoms with Crippen LogP contribution in [0.4, 0.5) is 24.5 Å². The number of benzene rings is 2. The van der Waals surface area contributed by atoms with Crippen LogP contribution in [0.3, 0.4) is 0 Å². The smallest absolute Gasteiger partial charge is 0.292 e. The van der Waals surface area contributed by atoms with Crippen LogP contribution in [0.25, 0.3) is 16.3 Å². The standard InChI is InChI=1S/C23H26FN3O3S.C22H27F2N5O3S/c1-14-6-7-18(15(2)11-14)12-19-20(26-31(29,30)16(3)17-8-9-17)13-27(23(28)22(19)24)21-5-4-10-25-21;1-4-7-22(8-9-22)33(31,32)27-19-13-29(15(3)12-26-28-25)21(30)20(24)17(19)11-16-6-5-14(2)10-18(16)23/h4-7,10-11,13,16-17,25-26H,8-9,12H2,1-3H3;5-6,10,13,15,27H,4,7-9,11-12H2,1-3H3. The first kappa shape index (κ1) is 47.7. The number of azide groups is 1. The average molecular weight is 923 g/mol. The Hall–Kier alpha value is -5.78. The van der Waals surface area contributed by atoms with Gasteiger partial charge in [-0.15, -0.1) is 0 Å². The average Bonchev–Trinajstić information content (AvgIpc) is 4.18. The molecule has 14 nitrogen and oxygen atoms in total.